The molecule has 0 heterocycles. The number of nitriles is 1. The van der Waals surface area contributed by atoms with Gasteiger partial charge in [0.05, 0.1) is 0 Å². The molecule has 5 heteroatoms. The number of carbonyl (C=O) groups is 1. The van der Waals surface area contributed by atoms with Gasteiger partial charge >= 0.3 is 0 Å². The van der Waals surface area contributed by atoms with Gasteiger partial charge in [0.15, 0.2) is 0 Å². The molecule has 0 saturated heterocycles. The summed E-state index contributed by atoms with van der Waals surface area (Å²) in [6.07, 6.45) is 1.56. The van der Waals surface area contributed by atoms with Crippen molar-refractivity contribution < 1.29 is 4.79 Å². The average Bonchev–Trinajstić information content (AvgIpc) is 2.50. The van der Waals surface area contributed by atoms with Crippen molar-refractivity contribution in [2.45, 2.75) is 6.92 Å². The first-order valence-corrected chi connectivity index (χ1v) is 7.90. The molecule has 0 aromatic heterocycles. The SMILES string of the molecule is Cc1ccc(NC(=O)/C(C#N)=C\c2ccc(I)cc2)cc1Cl. The predicted molar refractivity (Wildman–Crippen MR) is 97.6 cm³/mol. The Hall–Kier alpha value is -1.84. The van der Waals surface area contributed by atoms with E-state index in [2.05, 4.69) is 27.9 Å². The van der Waals surface area contributed by atoms with Crippen molar-refractivity contribution in [3.63, 3.8) is 0 Å². The molecule has 0 spiro atoms. The molecule has 3 nitrogen and oxygen atoms in total. The lowest BCUT2D eigenvalue weighted by Crippen LogP contribution is -2.13. The summed E-state index contributed by atoms with van der Waals surface area (Å²) in [5.74, 6) is -0.457. The standard InChI is InChI=1S/C17H12ClIN2O/c1-11-2-7-15(9-16(11)18)21-17(22)13(10-20)8-12-3-5-14(19)6-4-12/h2-9H,1H3,(H,21,22)/b13-8-. The van der Waals surface area contributed by atoms with Crippen LogP contribution in [0.25, 0.3) is 6.08 Å². The molecule has 0 unspecified atom stereocenters. The van der Waals surface area contributed by atoms with Gasteiger partial charge in [0.2, 0.25) is 0 Å². The van der Waals surface area contributed by atoms with Gasteiger partial charge in [-0.05, 0) is 71.0 Å². The molecule has 2 rings (SSSR count). The molecule has 0 atom stereocenters. The Kier molecular flexibility index (Phi) is 5.58. The van der Waals surface area contributed by atoms with Gasteiger partial charge in [-0.2, -0.15) is 5.26 Å². The fourth-order valence-electron chi connectivity index (χ4n) is 1.74. The second-order valence-electron chi connectivity index (χ2n) is 4.64. The number of nitrogens with zero attached hydrogens (tertiary/aromatic N) is 1. The quantitative estimate of drug-likeness (QED) is 0.439. The molecule has 1 amide bonds. The number of carbonyl (C=O) groups excluding carboxylic acids is 1. The van der Waals surface area contributed by atoms with E-state index >= 15 is 0 Å². The summed E-state index contributed by atoms with van der Waals surface area (Å²) in [7, 11) is 0. The van der Waals surface area contributed by atoms with E-state index in [0.717, 1.165) is 14.7 Å². The zero-order valence-corrected chi connectivity index (χ0v) is 14.6. The van der Waals surface area contributed by atoms with Gasteiger partial charge < -0.3 is 5.32 Å². The van der Waals surface area contributed by atoms with Gasteiger partial charge in [-0.3, -0.25) is 4.79 Å². The highest BCUT2D eigenvalue weighted by molar-refractivity contribution is 14.1. The largest absolute Gasteiger partial charge is 0.321 e. The molecule has 0 radical (unpaired) electrons. The topological polar surface area (TPSA) is 52.9 Å². The van der Waals surface area contributed by atoms with Gasteiger partial charge in [0.25, 0.3) is 5.91 Å². The minimum Gasteiger partial charge on any atom is -0.321 e. The van der Waals surface area contributed by atoms with Crippen LogP contribution < -0.4 is 5.32 Å². The number of nitrogens with one attached hydrogen (secondary N) is 1. The van der Waals surface area contributed by atoms with E-state index in [1.165, 1.54) is 0 Å². The van der Waals surface area contributed by atoms with Crippen LogP contribution in [0.2, 0.25) is 5.02 Å². The molecule has 0 aliphatic heterocycles. The first-order valence-electron chi connectivity index (χ1n) is 6.44. The lowest BCUT2D eigenvalue weighted by atomic mass is 10.1. The third-order valence-corrected chi connectivity index (χ3v) is 4.10. The predicted octanol–water partition coefficient (Wildman–Crippen LogP) is 4.80. The zero-order valence-electron chi connectivity index (χ0n) is 11.7. The van der Waals surface area contributed by atoms with Gasteiger partial charge in [-0.1, -0.05) is 29.8 Å². The van der Waals surface area contributed by atoms with Gasteiger partial charge in [0.1, 0.15) is 11.6 Å². The Balaban J connectivity index is 2.20. The van der Waals surface area contributed by atoms with Crippen molar-refractivity contribution in [1.29, 1.82) is 5.26 Å². The molecule has 0 bridgehead atoms. The molecule has 22 heavy (non-hydrogen) atoms. The maximum atomic E-state index is 12.2. The fraction of sp³-hybridized carbons (Fsp3) is 0.0588. The number of aryl methyl sites for hydroxylation is 1. The van der Waals surface area contributed by atoms with Crippen LogP contribution in [0.1, 0.15) is 11.1 Å². The number of halogens is 2. The number of hydrogen-bond acceptors (Lipinski definition) is 2. The molecule has 0 fully saturated rings. The summed E-state index contributed by atoms with van der Waals surface area (Å²) >= 11 is 8.22. The van der Waals surface area contributed by atoms with Crippen LogP contribution in [0.3, 0.4) is 0 Å². The third kappa shape index (κ3) is 4.33. The lowest BCUT2D eigenvalue weighted by Gasteiger charge is -2.06. The minimum atomic E-state index is -0.457. The first-order chi connectivity index (χ1) is 10.5. The van der Waals surface area contributed by atoms with Gasteiger partial charge in [0, 0.05) is 14.3 Å². The second kappa shape index (κ2) is 7.43. The molecule has 0 aliphatic rings. The molecule has 110 valence electrons. The summed E-state index contributed by atoms with van der Waals surface area (Å²) in [5, 5.41) is 12.4. The highest BCUT2D eigenvalue weighted by Gasteiger charge is 2.10. The molecule has 0 saturated carbocycles. The number of rotatable bonds is 3. The second-order valence-corrected chi connectivity index (χ2v) is 6.29. The zero-order chi connectivity index (χ0) is 16.1. The Morgan fingerprint density at radius 1 is 1.27 bits per heavy atom. The molecule has 0 aliphatic carbocycles. The van der Waals surface area contributed by atoms with Crippen LogP contribution in [-0.2, 0) is 4.79 Å². The van der Waals surface area contributed by atoms with E-state index in [4.69, 9.17) is 11.6 Å². The lowest BCUT2D eigenvalue weighted by molar-refractivity contribution is -0.112. The number of benzene rings is 2. The van der Waals surface area contributed by atoms with E-state index in [0.29, 0.717) is 10.7 Å². The van der Waals surface area contributed by atoms with E-state index in [9.17, 15) is 10.1 Å². The van der Waals surface area contributed by atoms with E-state index < -0.39 is 5.91 Å². The highest BCUT2D eigenvalue weighted by Crippen LogP contribution is 2.20. The molecular formula is C17H12ClIN2O. The molecule has 2 aromatic rings. The van der Waals surface area contributed by atoms with E-state index in [-0.39, 0.29) is 5.57 Å². The van der Waals surface area contributed by atoms with E-state index in [1.807, 2.05) is 43.3 Å². The summed E-state index contributed by atoms with van der Waals surface area (Å²) in [5.41, 5.74) is 2.32. The van der Waals surface area contributed by atoms with Crippen molar-refractivity contribution in [2.75, 3.05) is 5.32 Å². The third-order valence-electron chi connectivity index (χ3n) is 2.98. The smallest absolute Gasteiger partial charge is 0.266 e. The minimum absolute atomic E-state index is 0.0397. The van der Waals surface area contributed by atoms with Crippen molar-refractivity contribution >= 4 is 51.9 Å². The summed E-state index contributed by atoms with van der Waals surface area (Å²) in [6, 6.07) is 14.7. The van der Waals surface area contributed by atoms with Gasteiger partial charge in [-0.25, -0.2) is 0 Å². The van der Waals surface area contributed by atoms with Crippen molar-refractivity contribution in [3.05, 3.63) is 67.8 Å². The summed E-state index contributed by atoms with van der Waals surface area (Å²) < 4.78 is 1.09. The first kappa shape index (κ1) is 16.5. The number of hydrogen-bond donors (Lipinski definition) is 1. The Morgan fingerprint density at radius 2 is 1.95 bits per heavy atom. The van der Waals surface area contributed by atoms with Crippen LogP contribution >= 0.6 is 34.2 Å². The van der Waals surface area contributed by atoms with Crippen molar-refractivity contribution in [1.82, 2.24) is 0 Å². The maximum absolute atomic E-state index is 12.2. The number of anilines is 1. The number of amides is 1. The monoisotopic (exact) mass is 422 g/mol. The van der Waals surface area contributed by atoms with Crippen molar-refractivity contribution in [3.8, 4) is 6.07 Å². The Labute approximate surface area is 147 Å². The Bertz CT molecular complexity index is 776. The average molecular weight is 423 g/mol. The summed E-state index contributed by atoms with van der Waals surface area (Å²) in [4.78, 5) is 12.2. The molecule has 1 N–H and O–H groups in total. The van der Waals surface area contributed by atoms with Crippen molar-refractivity contribution in [2.24, 2.45) is 0 Å². The van der Waals surface area contributed by atoms with Gasteiger partial charge in [-0.15, -0.1) is 0 Å². The van der Waals surface area contributed by atoms with Crippen LogP contribution in [0.15, 0.2) is 48.0 Å². The fourth-order valence-corrected chi connectivity index (χ4v) is 2.28. The van der Waals surface area contributed by atoms with E-state index in [1.54, 1.807) is 18.2 Å². The maximum Gasteiger partial charge on any atom is 0.266 e. The van der Waals surface area contributed by atoms with Crippen LogP contribution in [-0.4, -0.2) is 5.91 Å². The van der Waals surface area contributed by atoms with Crippen LogP contribution in [0.4, 0.5) is 5.69 Å². The van der Waals surface area contributed by atoms with Crippen LogP contribution in [0, 0.1) is 21.8 Å². The summed E-state index contributed by atoms with van der Waals surface area (Å²) in [6.45, 7) is 1.88. The molecular weight excluding hydrogens is 411 g/mol. The highest BCUT2D eigenvalue weighted by atomic mass is 127. The molecule has 2 aromatic carbocycles. The Morgan fingerprint density at radius 3 is 2.55 bits per heavy atom. The van der Waals surface area contributed by atoms with Crippen LogP contribution in [0.5, 0.6) is 0 Å². The normalized spacial score (nSPS) is 10.9.